The smallest absolute Gasteiger partial charge is 0.136 e. The second-order valence-electron chi connectivity index (χ2n) is 4.36. The lowest BCUT2D eigenvalue weighted by atomic mass is 10.2. The summed E-state index contributed by atoms with van der Waals surface area (Å²) in [4.78, 5) is 10.8. The molecule has 0 unspecified atom stereocenters. The van der Waals surface area contributed by atoms with E-state index in [-0.39, 0.29) is 0 Å². The first-order chi connectivity index (χ1) is 9.11. The van der Waals surface area contributed by atoms with Crippen molar-refractivity contribution >= 4 is 27.4 Å². The Kier molecular flexibility index (Phi) is 4.50. The zero-order chi connectivity index (χ0) is 13.8. The SMILES string of the molecule is Cc1ccc(Br)cc1N(C)c1ccnc(CCN)n1. The van der Waals surface area contributed by atoms with Crippen LogP contribution in [0.1, 0.15) is 11.4 Å². The van der Waals surface area contributed by atoms with Crippen LogP contribution in [0.5, 0.6) is 0 Å². The first kappa shape index (κ1) is 14.0. The molecule has 1 aromatic carbocycles. The minimum atomic E-state index is 0.559. The van der Waals surface area contributed by atoms with Crippen LogP contribution >= 0.6 is 15.9 Å². The van der Waals surface area contributed by atoms with E-state index in [0.29, 0.717) is 13.0 Å². The van der Waals surface area contributed by atoms with Gasteiger partial charge < -0.3 is 10.6 Å². The lowest BCUT2D eigenvalue weighted by Crippen LogP contribution is -2.15. The van der Waals surface area contributed by atoms with Crippen molar-refractivity contribution in [2.75, 3.05) is 18.5 Å². The molecular formula is C14H17BrN4. The molecule has 0 fully saturated rings. The number of hydrogen-bond donors (Lipinski definition) is 1. The Hall–Kier alpha value is -1.46. The van der Waals surface area contributed by atoms with Crippen LogP contribution in [0.15, 0.2) is 34.9 Å². The molecule has 1 heterocycles. The van der Waals surface area contributed by atoms with Gasteiger partial charge in [-0.05, 0) is 37.2 Å². The highest BCUT2D eigenvalue weighted by Crippen LogP contribution is 2.28. The lowest BCUT2D eigenvalue weighted by Gasteiger charge is -2.21. The van der Waals surface area contributed by atoms with E-state index in [1.807, 2.05) is 19.2 Å². The third-order valence-corrected chi connectivity index (χ3v) is 3.43. The van der Waals surface area contributed by atoms with Gasteiger partial charge in [0.1, 0.15) is 11.6 Å². The monoisotopic (exact) mass is 320 g/mol. The van der Waals surface area contributed by atoms with Crippen molar-refractivity contribution < 1.29 is 0 Å². The fourth-order valence-corrected chi connectivity index (χ4v) is 2.24. The Labute approximate surface area is 121 Å². The van der Waals surface area contributed by atoms with Gasteiger partial charge in [-0.2, -0.15) is 0 Å². The van der Waals surface area contributed by atoms with Crippen molar-refractivity contribution in [2.45, 2.75) is 13.3 Å². The molecule has 2 aromatic rings. The summed E-state index contributed by atoms with van der Waals surface area (Å²) in [5.74, 6) is 1.65. The molecule has 0 aliphatic carbocycles. The van der Waals surface area contributed by atoms with E-state index in [1.165, 1.54) is 5.56 Å². The summed E-state index contributed by atoms with van der Waals surface area (Å²) in [6.07, 6.45) is 2.47. The molecule has 19 heavy (non-hydrogen) atoms. The largest absolute Gasteiger partial charge is 0.330 e. The molecule has 0 saturated heterocycles. The average molecular weight is 321 g/mol. The van der Waals surface area contributed by atoms with Gasteiger partial charge in [0.15, 0.2) is 0 Å². The standard InChI is InChI=1S/C14H17BrN4/c1-10-3-4-11(15)9-12(10)19(2)14-6-8-17-13(18-14)5-7-16/h3-4,6,8-9H,5,7,16H2,1-2H3. The van der Waals surface area contributed by atoms with Gasteiger partial charge in [0.05, 0.1) is 0 Å². The Morgan fingerprint density at radius 2 is 2.11 bits per heavy atom. The quantitative estimate of drug-likeness (QED) is 0.941. The van der Waals surface area contributed by atoms with Gasteiger partial charge in [-0.3, -0.25) is 0 Å². The topological polar surface area (TPSA) is 55.0 Å². The number of hydrogen-bond acceptors (Lipinski definition) is 4. The maximum atomic E-state index is 5.54. The van der Waals surface area contributed by atoms with Gasteiger partial charge in [-0.15, -0.1) is 0 Å². The van der Waals surface area contributed by atoms with Gasteiger partial charge in [-0.25, -0.2) is 9.97 Å². The molecule has 2 N–H and O–H groups in total. The van der Waals surface area contributed by atoms with Gasteiger partial charge >= 0.3 is 0 Å². The van der Waals surface area contributed by atoms with Crippen molar-refractivity contribution in [1.82, 2.24) is 9.97 Å². The summed E-state index contributed by atoms with van der Waals surface area (Å²) in [5, 5.41) is 0. The third kappa shape index (κ3) is 3.30. The van der Waals surface area contributed by atoms with Crippen molar-refractivity contribution in [2.24, 2.45) is 5.73 Å². The van der Waals surface area contributed by atoms with Crippen LogP contribution in [0.4, 0.5) is 11.5 Å². The number of halogens is 1. The van der Waals surface area contributed by atoms with Crippen LogP contribution in [0.3, 0.4) is 0 Å². The molecule has 2 rings (SSSR count). The second kappa shape index (κ2) is 6.12. The normalized spacial score (nSPS) is 10.5. The lowest BCUT2D eigenvalue weighted by molar-refractivity contribution is 0.861. The predicted molar refractivity (Wildman–Crippen MR) is 81.7 cm³/mol. The molecule has 0 aliphatic rings. The van der Waals surface area contributed by atoms with Crippen LogP contribution in [0.25, 0.3) is 0 Å². The van der Waals surface area contributed by atoms with Crippen LogP contribution in [-0.2, 0) is 6.42 Å². The zero-order valence-electron chi connectivity index (χ0n) is 11.1. The number of aromatic nitrogens is 2. The summed E-state index contributed by atoms with van der Waals surface area (Å²) in [5.41, 5.74) is 7.86. The summed E-state index contributed by atoms with van der Waals surface area (Å²) >= 11 is 3.50. The molecule has 0 saturated carbocycles. The molecule has 100 valence electrons. The molecule has 5 heteroatoms. The number of aryl methyl sites for hydroxylation is 1. The number of nitrogens with two attached hydrogens (primary N) is 1. The fraction of sp³-hybridized carbons (Fsp3) is 0.286. The Morgan fingerprint density at radius 3 is 2.84 bits per heavy atom. The molecule has 0 radical (unpaired) electrons. The third-order valence-electron chi connectivity index (χ3n) is 2.93. The highest BCUT2D eigenvalue weighted by molar-refractivity contribution is 9.10. The molecule has 0 bridgehead atoms. The van der Waals surface area contributed by atoms with Crippen LogP contribution in [0, 0.1) is 6.92 Å². The van der Waals surface area contributed by atoms with Crippen LogP contribution < -0.4 is 10.6 Å². The molecule has 0 amide bonds. The number of benzene rings is 1. The van der Waals surface area contributed by atoms with Gasteiger partial charge in [0.2, 0.25) is 0 Å². The molecule has 1 aromatic heterocycles. The van der Waals surface area contributed by atoms with E-state index in [1.54, 1.807) is 6.20 Å². The molecule has 0 aliphatic heterocycles. The van der Waals surface area contributed by atoms with E-state index in [2.05, 4.69) is 49.9 Å². The van der Waals surface area contributed by atoms with E-state index >= 15 is 0 Å². The van der Waals surface area contributed by atoms with Gasteiger partial charge in [0.25, 0.3) is 0 Å². The highest BCUT2D eigenvalue weighted by Gasteiger charge is 2.09. The van der Waals surface area contributed by atoms with E-state index < -0.39 is 0 Å². The molecule has 0 atom stereocenters. The number of nitrogens with zero attached hydrogens (tertiary/aromatic N) is 3. The summed E-state index contributed by atoms with van der Waals surface area (Å²) in [7, 11) is 2.00. The predicted octanol–water partition coefficient (Wildman–Crippen LogP) is 2.82. The summed E-state index contributed by atoms with van der Waals surface area (Å²) in [6.45, 7) is 2.64. The molecule has 4 nitrogen and oxygen atoms in total. The van der Waals surface area contributed by atoms with Gasteiger partial charge in [-0.1, -0.05) is 22.0 Å². The average Bonchev–Trinajstić information content (AvgIpc) is 2.41. The van der Waals surface area contributed by atoms with E-state index in [0.717, 1.165) is 21.8 Å². The van der Waals surface area contributed by atoms with Crippen molar-refractivity contribution in [3.05, 3.63) is 46.3 Å². The Balaban J connectivity index is 2.35. The van der Waals surface area contributed by atoms with E-state index in [9.17, 15) is 0 Å². The summed E-state index contributed by atoms with van der Waals surface area (Å²) in [6, 6.07) is 8.10. The van der Waals surface area contributed by atoms with E-state index in [4.69, 9.17) is 5.73 Å². The van der Waals surface area contributed by atoms with Crippen molar-refractivity contribution in [1.29, 1.82) is 0 Å². The first-order valence-electron chi connectivity index (χ1n) is 6.13. The van der Waals surface area contributed by atoms with Crippen molar-refractivity contribution in [3.8, 4) is 0 Å². The first-order valence-corrected chi connectivity index (χ1v) is 6.93. The maximum Gasteiger partial charge on any atom is 0.136 e. The van der Waals surface area contributed by atoms with Crippen molar-refractivity contribution in [3.63, 3.8) is 0 Å². The number of rotatable bonds is 4. The summed E-state index contributed by atoms with van der Waals surface area (Å²) < 4.78 is 1.05. The number of anilines is 2. The highest BCUT2D eigenvalue weighted by atomic mass is 79.9. The molecule has 0 spiro atoms. The Morgan fingerprint density at radius 1 is 1.32 bits per heavy atom. The Bertz CT molecular complexity index is 571. The molecular weight excluding hydrogens is 304 g/mol. The maximum absolute atomic E-state index is 5.54. The minimum absolute atomic E-state index is 0.559. The fourth-order valence-electron chi connectivity index (χ4n) is 1.89. The minimum Gasteiger partial charge on any atom is -0.330 e. The second-order valence-corrected chi connectivity index (χ2v) is 5.28. The van der Waals surface area contributed by atoms with Crippen LogP contribution in [-0.4, -0.2) is 23.6 Å². The van der Waals surface area contributed by atoms with Gasteiger partial charge in [0, 0.05) is 29.8 Å². The zero-order valence-corrected chi connectivity index (χ0v) is 12.7. The van der Waals surface area contributed by atoms with Crippen LogP contribution in [0.2, 0.25) is 0 Å².